The first kappa shape index (κ1) is 10.6. The van der Waals surface area contributed by atoms with Crippen molar-refractivity contribution in [3.63, 3.8) is 0 Å². The van der Waals surface area contributed by atoms with Gasteiger partial charge in [0.15, 0.2) is 5.76 Å². The lowest BCUT2D eigenvalue weighted by Gasteiger charge is -2.31. The largest absolute Gasteiger partial charge is 0.390 e. The molecule has 1 fully saturated rings. The number of rotatable bonds is 3. The molecule has 0 aliphatic carbocycles. The minimum Gasteiger partial charge on any atom is -0.390 e. The van der Waals surface area contributed by atoms with Crippen LogP contribution in [0.25, 0.3) is 0 Å². The monoisotopic (exact) mass is 211 g/mol. The molecule has 0 saturated carbocycles. The van der Waals surface area contributed by atoms with E-state index in [1.807, 2.05) is 6.07 Å². The Labute approximate surface area is 89.3 Å². The van der Waals surface area contributed by atoms with Crippen LogP contribution in [0.2, 0.25) is 0 Å². The van der Waals surface area contributed by atoms with Gasteiger partial charge in [-0.3, -0.25) is 4.90 Å². The zero-order valence-electron chi connectivity index (χ0n) is 9.02. The molecule has 1 aliphatic rings. The predicted molar refractivity (Wildman–Crippen MR) is 55.2 cm³/mol. The van der Waals surface area contributed by atoms with E-state index >= 15 is 0 Å². The molecule has 1 saturated heterocycles. The number of likely N-dealkylation sites (N-methyl/N-ethyl adjacent to an activating group) is 1. The van der Waals surface area contributed by atoms with Crippen molar-refractivity contribution in [2.45, 2.75) is 13.2 Å². The van der Waals surface area contributed by atoms with Crippen LogP contribution in [0.4, 0.5) is 0 Å². The summed E-state index contributed by atoms with van der Waals surface area (Å²) in [5.41, 5.74) is 0.610. The van der Waals surface area contributed by atoms with Crippen molar-refractivity contribution in [2.24, 2.45) is 0 Å². The summed E-state index contributed by atoms with van der Waals surface area (Å²) >= 11 is 0. The van der Waals surface area contributed by atoms with Crippen LogP contribution in [0, 0.1) is 0 Å². The molecule has 1 aromatic rings. The Balaban J connectivity index is 1.86. The number of hydrogen-bond acceptors (Lipinski definition) is 5. The van der Waals surface area contributed by atoms with Gasteiger partial charge in [0.2, 0.25) is 0 Å². The van der Waals surface area contributed by atoms with Gasteiger partial charge in [-0.25, -0.2) is 0 Å². The normalized spacial score (nSPS) is 19.6. The summed E-state index contributed by atoms with van der Waals surface area (Å²) in [6, 6.07) is 1.82. The Morgan fingerprint density at radius 1 is 1.40 bits per heavy atom. The lowest BCUT2D eigenvalue weighted by atomic mass is 10.3. The number of hydrogen-bond donors (Lipinski definition) is 1. The van der Waals surface area contributed by atoms with Crippen LogP contribution < -0.4 is 0 Å². The van der Waals surface area contributed by atoms with Crippen molar-refractivity contribution in [3.05, 3.63) is 17.5 Å². The van der Waals surface area contributed by atoms with Gasteiger partial charge in [-0.15, -0.1) is 0 Å². The highest BCUT2D eigenvalue weighted by Crippen LogP contribution is 2.09. The van der Waals surface area contributed by atoms with Crippen molar-refractivity contribution < 1.29 is 9.63 Å². The van der Waals surface area contributed by atoms with E-state index in [-0.39, 0.29) is 6.61 Å². The van der Waals surface area contributed by atoms with E-state index in [9.17, 15) is 0 Å². The lowest BCUT2D eigenvalue weighted by molar-refractivity contribution is 0.137. The molecule has 1 N–H and O–H groups in total. The highest BCUT2D eigenvalue weighted by Gasteiger charge is 2.15. The van der Waals surface area contributed by atoms with E-state index in [1.165, 1.54) is 0 Å². The highest BCUT2D eigenvalue weighted by atomic mass is 16.5. The van der Waals surface area contributed by atoms with Crippen LogP contribution >= 0.6 is 0 Å². The fourth-order valence-corrected chi connectivity index (χ4v) is 1.73. The molecule has 2 heterocycles. The molecule has 15 heavy (non-hydrogen) atoms. The highest BCUT2D eigenvalue weighted by molar-refractivity contribution is 5.04. The molecule has 2 rings (SSSR count). The summed E-state index contributed by atoms with van der Waals surface area (Å²) < 4.78 is 5.12. The Hall–Kier alpha value is -0.910. The third-order valence-electron chi connectivity index (χ3n) is 2.75. The summed E-state index contributed by atoms with van der Waals surface area (Å²) in [6.07, 6.45) is 0. The fourth-order valence-electron chi connectivity index (χ4n) is 1.73. The third kappa shape index (κ3) is 2.77. The second-order valence-electron chi connectivity index (χ2n) is 4.02. The smallest absolute Gasteiger partial charge is 0.151 e. The van der Waals surface area contributed by atoms with E-state index in [2.05, 4.69) is 22.0 Å². The van der Waals surface area contributed by atoms with Gasteiger partial charge in [-0.1, -0.05) is 5.16 Å². The number of aliphatic hydroxyl groups is 1. The molecule has 1 aliphatic heterocycles. The van der Waals surface area contributed by atoms with Crippen LogP contribution in [0.3, 0.4) is 0 Å². The van der Waals surface area contributed by atoms with Gasteiger partial charge in [-0.05, 0) is 7.05 Å². The summed E-state index contributed by atoms with van der Waals surface area (Å²) in [7, 11) is 2.13. The van der Waals surface area contributed by atoms with Crippen LogP contribution in [0.5, 0.6) is 0 Å². The van der Waals surface area contributed by atoms with E-state index < -0.39 is 0 Å². The molecule has 0 spiro atoms. The first-order valence-corrected chi connectivity index (χ1v) is 5.24. The topological polar surface area (TPSA) is 52.7 Å². The van der Waals surface area contributed by atoms with Crippen LogP contribution in [-0.2, 0) is 13.2 Å². The predicted octanol–water partition coefficient (Wildman–Crippen LogP) is -0.0857. The average molecular weight is 211 g/mol. The van der Waals surface area contributed by atoms with Gasteiger partial charge in [0.25, 0.3) is 0 Å². The molecule has 0 radical (unpaired) electrons. The maximum absolute atomic E-state index is 8.85. The molecule has 5 nitrogen and oxygen atoms in total. The Kier molecular flexibility index (Phi) is 3.35. The molecule has 0 atom stereocenters. The van der Waals surface area contributed by atoms with Gasteiger partial charge in [0, 0.05) is 32.2 Å². The number of nitrogens with zero attached hydrogens (tertiary/aromatic N) is 3. The molecule has 0 bridgehead atoms. The van der Waals surface area contributed by atoms with Gasteiger partial charge < -0.3 is 14.5 Å². The van der Waals surface area contributed by atoms with E-state index in [4.69, 9.17) is 9.63 Å². The van der Waals surface area contributed by atoms with Gasteiger partial charge in [0.1, 0.15) is 5.69 Å². The second kappa shape index (κ2) is 4.74. The molecule has 0 aromatic carbocycles. The third-order valence-corrected chi connectivity index (χ3v) is 2.75. The number of piperazine rings is 1. The SMILES string of the molecule is CN1CCN(Cc2cc(CO)no2)CC1. The molecule has 0 unspecified atom stereocenters. The zero-order valence-corrected chi connectivity index (χ0v) is 9.02. The Bertz CT molecular complexity index is 305. The van der Waals surface area contributed by atoms with Crippen molar-refractivity contribution in [3.8, 4) is 0 Å². The molecular weight excluding hydrogens is 194 g/mol. The first-order chi connectivity index (χ1) is 7.28. The van der Waals surface area contributed by atoms with Gasteiger partial charge in [-0.2, -0.15) is 0 Å². The van der Waals surface area contributed by atoms with E-state index in [0.717, 1.165) is 38.5 Å². The summed E-state index contributed by atoms with van der Waals surface area (Å²) in [4.78, 5) is 4.65. The average Bonchev–Trinajstić information content (AvgIpc) is 2.69. The lowest BCUT2D eigenvalue weighted by Crippen LogP contribution is -2.43. The quantitative estimate of drug-likeness (QED) is 0.757. The standard InChI is InChI=1S/C10H17N3O2/c1-12-2-4-13(5-3-12)7-10-6-9(8-14)11-15-10/h6,14H,2-5,7-8H2,1H3. The minimum atomic E-state index is -0.0494. The fraction of sp³-hybridized carbons (Fsp3) is 0.700. The maximum Gasteiger partial charge on any atom is 0.151 e. The zero-order chi connectivity index (χ0) is 10.7. The van der Waals surface area contributed by atoms with Crippen molar-refractivity contribution in [2.75, 3.05) is 33.2 Å². The van der Waals surface area contributed by atoms with Gasteiger partial charge in [0.05, 0.1) is 13.2 Å². The summed E-state index contributed by atoms with van der Waals surface area (Å²) in [5, 5.41) is 12.6. The molecule has 5 heteroatoms. The van der Waals surface area contributed by atoms with Crippen LogP contribution in [-0.4, -0.2) is 53.3 Å². The molecule has 84 valence electrons. The van der Waals surface area contributed by atoms with Crippen molar-refractivity contribution in [1.29, 1.82) is 0 Å². The summed E-state index contributed by atoms with van der Waals surface area (Å²) in [5.74, 6) is 0.837. The number of aromatic nitrogens is 1. The van der Waals surface area contributed by atoms with Crippen LogP contribution in [0.1, 0.15) is 11.5 Å². The molecular formula is C10H17N3O2. The Morgan fingerprint density at radius 2 is 2.13 bits per heavy atom. The van der Waals surface area contributed by atoms with E-state index in [0.29, 0.717) is 5.69 Å². The van der Waals surface area contributed by atoms with E-state index in [1.54, 1.807) is 0 Å². The Morgan fingerprint density at radius 3 is 2.73 bits per heavy atom. The van der Waals surface area contributed by atoms with Gasteiger partial charge >= 0.3 is 0 Å². The molecule has 1 aromatic heterocycles. The summed E-state index contributed by atoms with van der Waals surface area (Å²) in [6.45, 7) is 5.06. The minimum absolute atomic E-state index is 0.0494. The number of aliphatic hydroxyl groups excluding tert-OH is 1. The van der Waals surface area contributed by atoms with Crippen molar-refractivity contribution in [1.82, 2.24) is 15.0 Å². The molecule has 0 amide bonds. The maximum atomic E-state index is 8.85. The van der Waals surface area contributed by atoms with Crippen molar-refractivity contribution >= 4 is 0 Å². The van der Waals surface area contributed by atoms with Crippen LogP contribution in [0.15, 0.2) is 10.6 Å². The second-order valence-corrected chi connectivity index (χ2v) is 4.02. The first-order valence-electron chi connectivity index (χ1n) is 5.24.